The number of aliphatic carboxylic acids is 1. The van der Waals surface area contributed by atoms with Gasteiger partial charge in [-0.2, -0.15) is 13.2 Å². The summed E-state index contributed by atoms with van der Waals surface area (Å²) in [6, 6.07) is 4.06. The predicted octanol–water partition coefficient (Wildman–Crippen LogP) is 2.81. The van der Waals surface area contributed by atoms with Gasteiger partial charge in [-0.3, -0.25) is 9.69 Å². The molecular weight excluding hydrogens is 405 g/mol. The largest absolute Gasteiger partial charge is 0.490 e. The van der Waals surface area contributed by atoms with Crippen LogP contribution >= 0.6 is 0 Å². The molecule has 3 fully saturated rings. The summed E-state index contributed by atoms with van der Waals surface area (Å²) in [4.78, 5) is 23.6. The number of piperidine rings is 1. The van der Waals surface area contributed by atoms with Crippen LogP contribution in [-0.2, 0) is 20.9 Å². The minimum atomic E-state index is -5.08. The number of ether oxygens (including phenoxy) is 1. The Morgan fingerprint density at radius 1 is 1.23 bits per heavy atom. The normalized spacial score (nSPS) is 26.8. The summed E-state index contributed by atoms with van der Waals surface area (Å²) < 4.78 is 43.3. The van der Waals surface area contributed by atoms with Crippen molar-refractivity contribution in [2.24, 2.45) is 11.8 Å². The molecular formula is C20H27F3N2O5. The van der Waals surface area contributed by atoms with Gasteiger partial charge in [-0.25, -0.2) is 4.79 Å². The number of nitrogens with one attached hydrogen (secondary N) is 1. The number of nitrogens with zero attached hydrogens (tertiary/aromatic N) is 1. The first-order chi connectivity index (χ1) is 14.2. The second kappa shape index (κ2) is 9.82. The van der Waals surface area contributed by atoms with E-state index >= 15 is 0 Å². The van der Waals surface area contributed by atoms with E-state index in [-0.39, 0.29) is 18.1 Å². The third-order valence-corrected chi connectivity index (χ3v) is 5.56. The topological polar surface area (TPSA) is 92.0 Å². The zero-order chi connectivity index (χ0) is 21.7. The van der Waals surface area contributed by atoms with Crippen LogP contribution in [0.2, 0.25) is 0 Å². The Bertz CT molecular complexity index is 706. The number of fused-ring (bicyclic) bond motifs is 1. The molecule has 1 aromatic rings. The number of likely N-dealkylation sites (tertiary alicyclic amines) is 1. The first kappa shape index (κ1) is 22.6. The van der Waals surface area contributed by atoms with Crippen LogP contribution in [0, 0.1) is 11.8 Å². The van der Waals surface area contributed by atoms with Gasteiger partial charge in [0.05, 0.1) is 25.0 Å². The number of amides is 1. The second-order valence-electron chi connectivity index (χ2n) is 8.14. The minimum Gasteiger partial charge on any atom is -0.475 e. The van der Waals surface area contributed by atoms with Crippen LogP contribution in [0.1, 0.15) is 37.9 Å². The molecule has 2 N–H and O–H groups in total. The molecule has 3 heterocycles. The summed E-state index contributed by atoms with van der Waals surface area (Å²) >= 11 is 0. The SMILES string of the molecule is O=C(CC1CC1)N[C@@H]1CN(Cc2ccco2)C[C@@H]2CCCO[C@@H]21.O=C(O)C(F)(F)F. The highest BCUT2D eigenvalue weighted by Crippen LogP contribution is 2.33. The van der Waals surface area contributed by atoms with Gasteiger partial charge in [0.1, 0.15) is 5.76 Å². The van der Waals surface area contributed by atoms with Crippen LogP contribution in [0.25, 0.3) is 0 Å². The molecule has 0 unspecified atom stereocenters. The molecule has 1 saturated carbocycles. The molecule has 1 amide bonds. The lowest BCUT2D eigenvalue weighted by atomic mass is 9.85. The molecule has 4 rings (SSSR count). The third-order valence-electron chi connectivity index (χ3n) is 5.56. The number of rotatable bonds is 5. The minimum absolute atomic E-state index is 0.107. The zero-order valence-electron chi connectivity index (χ0n) is 16.6. The highest BCUT2D eigenvalue weighted by atomic mass is 19.4. The fraction of sp³-hybridized carbons (Fsp3) is 0.700. The Labute approximate surface area is 172 Å². The predicted molar refractivity (Wildman–Crippen MR) is 99.4 cm³/mol. The standard InChI is InChI=1S/C18H26N2O3.C2HF3O2/c21-17(9-13-5-6-13)19-16-12-20(11-15-4-2-7-22-15)10-14-3-1-8-23-18(14)16;3-2(4,5)1(6)7/h2,4,7,13-14,16,18H,1,3,5-6,8-12H2,(H,19,21);(H,6,7)/t14-,16+,18-;/m0./s1. The van der Waals surface area contributed by atoms with E-state index in [9.17, 15) is 18.0 Å². The number of hydrogen-bond acceptors (Lipinski definition) is 5. The van der Waals surface area contributed by atoms with Crippen molar-refractivity contribution in [3.05, 3.63) is 24.2 Å². The zero-order valence-corrected chi connectivity index (χ0v) is 16.6. The van der Waals surface area contributed by atoms with Crippen molar-refractivity contribution >= 4 is 11.9 Å². The van der Waals surface area contributed by atoms with E-state index in [0.717, 1.165) is 38.4 Å². The van der Waals surface area contributed by atoms with E-state index in [1.807, 2.05) is 12.1 Å². The summed E-state index contributed by atoms with van der Waals surface area (Å²) in [7, 11) is 0. The number of carboxylic acid groups (broad SMARTS) is 1. The third kappa shape index (κ3) is 6.73. The van der Waals surface area contributed by atoms with Crippen LogP contribution in [-0.4, -0.2) is 59.9 Å². The molecule has 1 aromatic heterocycles. The number of halogens is 3. The van der Waals surface area contributed by atoms with Crippen molar-refractivity contribution in [2.45, 2.75) is 57.0 Å². The Balaban J connectivity index is 0.000000318. The van der Waals surface area contributed by atoms with Crippen LogP contribution in [0.5, 0.6) is 0 Å². The molecule has 3 aliphatic rings. The Morgan fingerprint density at radius 2 is 1.97 bits per heavy atom. The first-order valence-corrected chi connectivity index (χ1v) is 10.2. The van der Waals surface area contributed by atoms with Crippen molar-refractivity contribution in [2.75, 3.05) is 19.7 Å². The van der Waals surface area contributed by atoms with Crippen molar-refractivity contribution in [3.63, 3.8) is 0 Å². The van der Waals surface area contributed by atoms with Crippen LogP contribution < -0.4 is 5.32 Å². The maximum Gasteiger partial charge on any atom is 0.490 e. The van der Waals surface area contributed by atoms with Crippen LogP contribution in [0.4, 0.5) is 13.2 Å². The van der Waals surface area contributed by atoms with Crippen molar-refractivity contribution in [1.82, 2.24) is 10.2 Å². The number of alkyl halides is 3. The van der Waals surface area contributed by atoms with Crippen LogP contribution in [0.15, 0.2) is 22.8 Å². The Hall–Kier alpha value is -2.07. The Kier molecular flexibility index (Phi) is 7.41. The smallest absolute Gasteiger partial charge is 0.475 e. The highest BCUT2D eigenvalue weighted by Gasteiger charge is 2.40. The fourth-order valence-electron chi connectivity index (χ4n) is 4.02. The summed E-state index contributed by atoms with van der Waals surface area (Å²) in [5, 5.41) is 10.4. The summed E-state index contributed by atoms with van der Waals surface area (Å²) in [5.41, 5.74) is 0. The van der Waals surface area contributed by atoms with Gasteiger partial charge < -0.3 is 19.6 Å². The van der Waals surface area contributed by atoms with Gasteiger partial charge in [-0.15, -0.1) is 0 Å². The van der Waals surface area contributed by atoms with Gasteiger partial charge >= 0.3 is 12.1 Å². The van der Waals surface area contributed by atoms with Gasteiger partial charge in [0.15, 0.2) is 0 Å². The number of carbonyl (C=O) groups is 2. The van der Waals surface area contributed by atoms with Crippen molar-refractivity contribution in [1.29, 1.82) is 0 Å². The van der Waals surface area contributed by atoms with E-state index in [1.54, 1.807) is 6.26 Å². The molecule has 0 spiro atoms. The molecule has 2 saturated heterocycles. The van der Waals surface area contributed by atoms with Gasteiger partial charge in [0, 0.05) is 26.1 Å². The molecule has 0 radical (unpaired) electrons. The second-order valence-corrected chi connectivity index (χ2v) is 8.14. The van der Waals surface area contributed by atoms with E-state index in [0.29, 0.717) is 18.3 Å². The summed E-state index contributed by atoms with van der Waals surface area (Å²) in [6.07, 6.45) is 2.25. The van der Waals surface area contributed by atoms with E-state index in [2.05, 4.69) is 10.2 Å². The van der Waals surface area contributed by atoms with Crippen molar-refractivity contribution in [3.8, 4) is 0 Å². The molecule has 0 bridgehead atoms. The van der Waals surface area contributed by atoms with Crippen molar-refractivity contribution < 1.29 is 37.0 Å². The van der Waals surface area contributed by atoms with Gasteiger partial charge in [0.2, 0.25) is 5.91 Å². The maximum atomic E-state index is 12.3. The number of furan rings is 1. The lowest BCUT2D eigenvalue weighted by molar-refractivity contribution is -0.192. The highest BCUT2D eigenvalue weighted by molar-refractivity contribution is 5.77. The molecule has 10 heteroatoms. The molecule has 7 nitrogen and oxygen atoms in total. The van der Waals surface area contributed by atoms with E-state index in [4.69, 9.17) is 19.1 Å². The quantitative estimate of drug-likeness (QED) is 0.744. The monoisotopic (exact) mass is 432 g/mol. The molecule has 2 aliphatic heterocycles. The average Bonchev–Trinajstić information content (AvgIpc) is 3.33. The lowest BCUT2D eigenvalue weighted by Crippen LogP contribution is -2.60. The number of carbonyl (C=O) groups excluding carboxylic acids is 1. The van der Waals surface area contributed by atoms with Crippen LogP contribution in [0.3, 0.4) is 0 Å². The summed E-state index contributed by atoms with van der Waals surface area (Å²) in [5.74, 6) is -0.430. The molecule has 30 heavy (non-hydrogen) atoms. The molecule has 3 atom stereocenters. The average molecular weight is 432 g/mol. The molecule has 0 aromatic carbocycles. The number of carboxylic acids is 1. The van der Waals surface area contributed by atoms with E-state index < -0.39 is 12.1 Å². The fourth-order valence-corrected chi connectivity index (χ4v) is 4.02. The van der Waals surface area contributed by atoms with Gasteiger partial charge in [-0.1, -0.05) is 0 Å². The van der Waals surface area contributed by atoms with E-state index in [1.165, 1.54) is 19.3 Å². The summed E-state index contributed by atoms with van der Waals surface area (Å²) in [6.45, 7) is 3.51. The Morgan fingerprint density at radius 3 is 2.57 bits per heavy atom. The van der Waals surface area contributed by atoms with Gasteiger partial charge in [0.25, 0.3) is 0 Å². The number of hydrogen-bond donors (Lipinski definition) is 2. The van der Waals surface area contributed by atoms with Gasteiger partial charge in [-0.05, 0) is 49.7 Å². The first-order valence-electron chi connectivity index (χ1n) is 10.2. The molecule has 1 aliphatic carbocycles. The lowest BCUT2D eigenvalue weighted by Gasteiger charge is -2.45. The molecule has 168 valence electrons. The maximum absolute atomic E-state index is 12.3.